The summed E-state index contributed by atoms with van der Waals surface area (Å²) in [4.78, 5) is 24.9. The van der Waals surface area contributed by atoms with Gasteiger partial charge in [-0.25, -0.2) is 4.39 Å². The molecule has 5 nitrogen and oxygen atoms in total. The number of hydrogen-bond acceptors (Lipinski definition) is 3. The van der Waals surface area contributed by atoms with Crippen LogP contribution in [0.1, 0.15) is 18.4 Å². The van der Waals surface area contributed by atoms with Crippen LogP contribution in [-0.4, -0.2) is 49.4 Å². The molecule has 1 aromatic carbocycles. The number of likely N-dealkylation sites (N-methyl/N-ethyl adjacent to an activating group) is 1. The number of benzene rings is 1. The first-order valence-electron chi connectivity index (χ1n) is 7.51. The second kappa shape index (κ2) is 7.89. The van der Waals surface area contributed by atoms with E-state index >= 15 is 0 Å². The number of nitrogens with zero attached hydrogens (tertiary/aromatic N) is 1. The van der Waals surface area contributed by atoms with Gasteiger partial charge in [-0.2, -0.15) is 0 Å². The first kappa shape index (κ1) is 16.4. The molecule has 1 heterocycles. The van der Waals surface area contributed by atoms with Crippen molar-refractivity contribution in [2.45, 2.75) is 31.3 Å². The second-order valence-electron chi connectivity index (χ2n) is 5.78. The normalized spacial score (nSPS) is 16.6. The Morgan fingerprint density at radius 2 is 2.09 bits per heavy atom. The Kier molecular flexibility index (Phi) is 5.89. The van der Waals surface area contributed by atoms with Crippen molar-refractivity contribution in [2.75, 3.05) is 20.1 Å². The fraction of sp³-hybridized carbons (Fsp3) is 0.500. The number of halogens is 1. The number of aryl methyl sites for hydroxylation is 1. The van der Waals surface area contributed by atoms with Crippen LogP contribution in [0.4, 0.5) is 4.39 Å². The lowest BCUT2D eigenvalue weighted by Gasteiger charge is -2.37. The van der Waals surface area contributed by atoms with Gasteiger partial charge in [-0.1, -0.05) is 12.1 Å². The Labute approximate surface area is 129 Å². The minimum absolute atomic E-state index is 0.135. The summed E-state index contributed by atoms with van der Waals surface area (Å²) < 4.78 is 12.8. The van der Waals surface area contributed by atoms with Gasteiger partial charge in [-0.15, -0.1) is 0 Å². The van der Waals surface area contributed by atoms with Crippen LogP contribution in [-0.2, 0) is 16.0 Å². The van der Waals surface area contributed by atoms with Gasteiger partial charge in [0, 0.05) is 13.1 Å². The Balaban J connectivity index is 1.76. The van der Waals surface area contributed by atoms with Crippen LogP contribution < -0.4 is 10.6 Å². The summed E-state index contributed by atoms with van der Waals surface area (Å²) in [6.07, 6.45) is 2.62. The van der Waals surface area contributed by atoms with Crippen molar-refractivity contribution in [2.24, 2.45) is 0 Å². The lowest BCUT2D eigenvalue weighted by molar-refractivity contribution is -0.127. The highest BCUT2D eigenvalue weighted by Crippen LogP contribution is 2.09. The number of rotatable bonds is 8. The molecule has 2 N–H and O–H groups in total. The van der Waals surface area contributed by atoms with Gasteiger partial charge in [0.25, 0.3) is 0 Å². The molecule has 0 aromatic heterocycles. The summed E-state index contributed by atoms with van der Waals surface area (Å²) in [5, 5.41) is 5.51. The summed E-state index contributed by atoms with van der Waals surface area (Å²) in [7, 11) is 1.99. The maximum absolute atomic E-state index is 12.8. The Morgan fingerprint density at radius 1 is 1.41 bits per heavy atom. The van der Waals surface area contributed by atoms with Crippen LogP contribution in [0.2, 0.25) is 0 Å². The molecule has 0 saturated carbocycles. The van der Waals surface area contributed by atoms with Gasteiger partial charge in [0.2, 0.25) is 12.3 Å². The highest BCUT2D eigenvalue weighted by molar-refractivity contribution is 5.83. The van der Waals surface area contributed by atoms with Crippen molar-refractivity contribution in [1.82, 2.24) is 15.5 Å². The number of amides is 2. The smallest absolute Gasteiger partial charge is 0.242 e. The molecule has 1 aromatic rings. The first-order chi connectivity index (χ1) is 10.6. The average molecular weight is 307 g/mol. The van der Waals surface area contributed by atoms with Crippen LogP contribution in [0.3, 0.4) is 0 Å². The van der Waals surface area contributed by atoms with Gasteiger partial charge in [0.1, 0.15) is 11.9 Å². The Hall–Kier alpha value is -1.95. The monoisotopic (exact) mass is 307 g/mol. The molecule has 0 bridgehead atoms. The molecule has 1 saturated heterocycles. The Morgan fingerprint density at radius 3 is 2.68 bits per heavy atom. The van der Waals surface area contributed by atoms with Crippen LogP contribution in [0.25, 0.3) is 0 Å². The fourth-order valence-electron chi connectivity index (χ4n) is 2.63. The number of hydrogen-bond donors (Lipinski definition) is 2. The molecule has 1 fully saturated rings. The minimum Gasteiger partial charge on any atom is -0.349 e. The van der Waals surface area contributed by atoms with E-state index in [9.17, 15) is 14.0 Å². The van der Waals surface area contributed by atoms with E-state index in [0.29, 0.717) is 12.8 Å². The molecule has 2 amide bonds. The van der Waals surface area contributed by atoms with E-state index in [2.05, 4.69) is 15.5 Å². The van der Waals surface area contributed by atoms with Gasteiger partial charge in [-0.3, -0.25) is 9.59 Å². The largest absolute Gasteiger partial charge is 0.349 e. The molecule has 22 heavy (non-hydrogen) atoms. The summed E-state index contributed by atoms with van der Waals surface area (Å²) >= 11 is 0. The van der Waals surface area contributed by atoms with Gasteiger partial charge < -0.3 is 15.5 Å². The maximum atomic E-state index is 12.8. The zero-order valence-electron chi connectivity index (χ0n) is 12.7. The molecule has 0 aliphatic carbocycles. The number of nitrogens with one attached hydrogen (secondary N) is 2. The van der Waals surface area contributed by atoms with Crippen molar-refractivity contribution >= 4 is 12.3 Å². The van der Waals surface area contributed by atoms with Crippen molar-refractivity contribution in [3.8, 4) is 0 Å². The third-order valence-electron chi connectivity index (χ3n) is 3.87. The van der Waals surface area contributed by atoms with Crippen LogP contribution in [0, 0.1) is 5.82 Å². The van der Waals surface area contributed by atoms with E-state index < -0.39 is 6.04 Å². The molecular formula is C16H22FN3O2. The molecule has 1 aliphatic heterocycles. The molecule has 1 atom stereocenters. The van der Waals surface area contributed by atoms with Gasteiger partial charge in [0.15, 0.2) is 0 Å². The van der Waals surface area contributed by atoms with E-state index in [0.717, 1.165) is 31.5 Å². The van der Waals surface area contributed by atoms with Gasteiger partial charge in [0.05, 0.1) is 6.04 Å². The predicted octanol–water partition coefficient (Wildman–Crippen LogP) is 0.693. The minimum atomic E-state index is -0.510. The highest BCUT2D eigenvalue weighted by Gasteiger charge is 2.27. The van der Waals surface area contributed by atoms with Crippen LogP contribution in [0.15, 0.2) is 24.3 Å². The van der Waals surface area contributed by atoms with Crippen molar-refractivity contribution in [3.05, 3.63) is 35.6 Å². The molecule has 120 valence electrons. The summed E-state index contributed by atoms with van der Waals surface area (Å²) in [5.74, 6) is -0.390. The first-order valence-corrected chi connectivity index (χ1v) is 7.51. The second-order valence-corrected chi connectivity index (χ2v) is 5.78. The molecule has 1 unspecified atom stereocenters. The Bertz CT molecular complexity index is 501. The number of carbonyl (C=O) groups excluding carboxylic acids is 2. The quantitative estimate of drug-likeness (QED) is 0.695. The molecular weight excluding hydrogens is 285 g/mol. The maximum Gasteiger partial charge on any atom is 0.242 e. The zero-order chi connectivity index (χ0) is 15.9. The highest BCUT2D eigenvalue weighted by atomic mass is 19.1. The standard InChI is InChI=1S/C16H22FN3O2/c1-20-9-14(10-20)19-16(22)15(18-11-21)4-2-3-12-5-7-13(17)8-6-12/h5-8,11,14-15H,2-4,9-10H2,1H3,(H,18,21)(H,19,22). The van der Waals surface area contributed by atoms with E-state index in [4.69, 9.17) is 0 Å². The van der Waals surface area contributed by atoms with Crippen molar-refractivity contribution in [1.29, 1.82) is 0 Å². The van der Waals surface area contributed by atoms with E-state index in [1.807, 2.05) is 7.05 Å². The molecule has 0 spiro atoms. The van der Waals surface area contributed by atoms with E-state index in [-0.39, 0.29) is 17.8 Å². The van der Waals surface area contributed by atoms with Crippen molar-refractivity contribution < 1.29 is 14.0 Å². The van der Waals surface area contributed by atoms with E-state index in [1.165, 1.54) is 12.1 Å². The van der Waals surface area contributed by atoms with Crippen molar-refractivity contribution in [3.63, 3.8) is 0 Å². The topological polar surface area (TPSA) is 61.4 Å². The molecule has 0 radical (unpaired) electrons. The predicted molar refractivity (Wildman–Crippen MR) is 81.8 cm³/mol. The number of carbonyl (C=O) groups is 2. The molecule has 6 heteroatoms. The molecule has 2 rings (SSSR count). The van der Waals surface area contributed by atoms with Gasteiger partial charge in [-0.05, 0) is 44.0 Å². The average Bonchev–Trinajstić information content (AvgIpc) is 2.46. The fourth-order valence-corrected chi connectivity index (χ4v) is 2.63. The molecule has 1 aliphatic rings. The van der Waals surface area contributed by atoms with Crippen LogP contribution in [0.5, 0.6) is 0 Å². The third-order valence-corrected chi connectivity index (χ3v) is 3.87. The van der Waals surface area contributed by atoms with Gasteiger partial charge >= 0.3 is 0 Å². The lowest BCUT2D eigenvalue weighted by Crippen LogP contribution is -2.60. The lowest BCUT2D eigenvalue weighted by atomic mass is 10.0. The number of likely N-dealkylation sites (tertiary alicyclic amines) is 1. The SMILES string of the molecule is CN1CC(NC(=O)C(CCCc2ccc(F)cc2)NC=O)C1. The third kappa shape index (κ3) is 4.80. The summed E-state index contributed by atoms with van der Waals surface area (Å²) in [6, 6.07) is 5.99. The van der Waals surface area contributed by atoms with E-state index in [1.54, 1.807) is 12.1 Å². The zero-order valence-corrected chi connectivity index (χ0v) is 12.7. The summed E-state index contributed by atoms with van der Waals surface area (Å²) in [6.45, 7) is 1.68. The summed E-state index contributed by atoms with van der Waals surface area (Å²) in [5.41, 5.74) is 1.02. The van der Waals surface area contributed by atoms with Crippen LogP contribution >= 0.6 is 0 Å².